The normalized spacial score (nSPS) is 18.5. The highest BCUT2D eigenvalue weighted by Crippen LogP contribution is 2.19. The van der Waals surface area contributed by atoms with Crippen molar-refractivity contribution in [1.82, 2.24) is 25.0 Å². The number of carbonyl (C=O) groups excluding carboxylic acids is 1. The number of nitrogens with zero attached hydrogens (tertiary/aromatic N) is 4. The van der Waals surface area contributed by atoms with E-state index in [0.29, 0.717) is 25.5 Å². The molecule has 0 aromatic carbocycles. The fourth-order valence-corrected chi connectivity index (χ4v) is 2.61. The second-order valence-electron chi connectivity index (χ2n) is 5.24. The van der Waals surface area contributed by atoms with Crippen LogP contribution in [0.15, 0.2) is 6.33 Å². The quantitative estimate of drug-likeness (QED) is 0.832. The van der Waals surface area contributed by atoms with Gasteiger partial charge in [-0.1, -0.05) is 0 Å². The van der Waals surface area contributed by atoms with E-state index in [-0.39, 0.29) is 18.4 Å². The SMILES string of the molecule is CCn1cnnc1CNC(=O)N1CCCC(CC(=O)O)C1. The van der Waals surface area contributed by atoms with Crippen molar-refractivity contribution in [3.05, 3.63) is 12.2 Å². The second kappa shape index (κ2) is 7.05. The number of aromatic nitrogens is 3. The summed E-state index contributed by atoms with van der Waals surface area (Å²) in [5.74, 6) is -0.0513. The molecule has 1 aliphatic heterocycles. The lowest BCUT2D eigenvalue weighted by Crippen LogP contribution is -2.45. The van der Waals surface area contributed by atoms with Crippen molar-refractivity contribution < 1.29 is 14.7 Å². The highest BCUT2D eigenvalue weighted by atomic mass is 16.4. The first-order chi connectivity index (χ1) is 10.1. The number of carbonyl (C=O) groups is 2. The van der Waals surface area contributed by atoms with E-state index in [4.69, 9.17) is 5.11 Å². The molecule has 2 N–H and O–H groups in total. The first kappa shape index (κ1) is 15.3. The Hall–Kier alpha value is -2.12. The summed E-state index contributed by atoms with van der Waals surface area (Å²) in [6, 6.07) is -0.171. The molecule has 0 saturated carbocycles. The zero-order chi connectivity index (χ0) is 15.2. The molecule has 0 aliphatic carbocycles. The van der Waals surface area contributed by atoms with Gasteiger partial charge in [0.2, 0.25) is 0 Å². The van der Waals surface area contributed by atoms with Crippen LogP contribution in [-0.4, -0.2) is 49.9 Å². The predicted molar refractivity (Wildman–Crippen MR) is 74.5 cm³/mol. The maximum Gasteiger partial charge on any atom is 0.317 e. The number of amides is 2. The predicted octanol–water partition coefficient (Wildman–Crippen LogP) is 0.694. The smallest absolute Gasteiger partial charge is 0.317 e. The van der Waals surface area contributed by atoms with Crippen LogP contribution in [0.2, 0.25) is 0 Å². The minimum atomic E-state index is -0.807. The molecule has 1 aromatic rings. The van der Waals surface area contributed by atoms with Gasteiger partial charge in [-0.25, -0.2) is 4.79 Å². The molecule has 21 heavy (non-hydrogen) atoms. The number of carboxylic acid groups (broad SMARTS) is 1. The summed E-state index contributed by atoms with van der Waals surface area (Å²) >= 11 is 0. The first-order valence-corrected chi connectivity index (χ1v) is 7.21. The molecule has 1 aliphatic rings. The number of rotatable bonds is 5. The Morgan fingerprint density at radius 3 is 3.05 bits per heavy atom. The number of carboxylic acids is 1. The fraction of sp³-hybridized carbons (Fsp3) is 0.692. The molecular formula is C13H21N5O3. The molecule has 1 atom stereocenters. The van der Waals surface area contributed by atoms with Crippen molar-refractivity contribution in [2.45, 2.75) is 39.3 Å². The van der Waals surface area contributed by atoms with Crippen LogP contribution in [0.1, 0.15) is 32.0 Å². The number of aliphatic carboxylic acids is 1. The molecule has 8 nitrogen and oxygen atoms in total. The van der Waals surface area contributed by atoms with Gasteiger partial charge in [0.25, 0.3) is 0 Å². The Bertz CT molecular complexity index is 502. The van der Waals surface area contributed by atoms with Gasteiger partial charge in [0.15, 0.2) is 5.82 Å². The number of likely N-dealkylation sites (tertiary alicyclic amines) is 1. The third kappa shape index (κ3) is 4.17. The summed E-state index contributed by atoms with van der Waals surface area (Å²) in [5.41, 5.74) is 0. The van der Waals surface area contributed by atoms with Crippen LogP contribution in [0.4, 0.5) is 4.79 Å². The van der Waals surface area contributed by atoms with E-state index >= 15 is 0 Å². The summed E-state index contributed by atoms with van der Waals surface area (Å²) in [6.07, 6.45) is 3.45. The van der Waals surface area contributed by atoms with Crippen LogP contribution in [0, 0.1) is 5.92 Å². The lowest BCUT2D eigenvalue weighted by atomic mass is 9.95. The summed E-state index contributed by atoms with van der Waals surface area (Å²) < 4.78 is 1.86. The van der Waals surface area contributed by atoms with E-state index in [1.165, 1.54) is 0 Å². The zero-order valence-electron chi connectivity index (χ0n) is 12.2. The fourth-order valence-electron chi connectivity index (χ4n) is 2.61. The number of hydrogen-bond donors (Lipinski definition) is 2. The zero-order valence-corrected chi connectivity index (χ0v) is 12.2. The number of hydrogen-bond acceptors (Lipinski definition) is 4. The van der Waals surface area contributed by atoms with Crippen molar-refractivity contribution in [1.29, 1.82) is 0 Å². The van der Waals surface area contributed by atoms with Gasteiger partial charge in [-0.05, 0) is 25.7 Å². The van der Waals surface area contributed by atoms with Crippen molar-refractivity contribution in [2.24, 2.45) is 5.92 Å². The third-order valence-corrected chi connectivity index (χ3v) is 3.70. The largest absolute Gasteiger partial charge is 0.481 e. The van der Waals surface area contributed by atoms with E-state index < -0.39 is 5.97 Å². The van der Waals surface area contributed by atoms with Crippen LogP contribution in [0.3, 0.4) is 0 Å². The van der Waals surface area contributed by atoms with E-state index in [9.17, 15) is 9.59 Å². The molecule has 2 heterocycles. The highest BCUT2D eigenvalue weighted by Gasteiger charge is 2.25. The van der Waals surface area contributed by atoms with Crippen molar-refractivity contribution >= 4 is 12.0 Å². The summed E-state index contributed by atoms with van der Waals surface area (Å²) in [6.45, 7) is 4.23. The molecule has 1 aromatic heterocycles. The minimum absolute atomic E-state index is 0.0429. The number of piperidine rings is 1. The molecule has 0 spiro atoms. The maximum absolute atomic E-state index is 12.1. The van der Waals surface area contributed by atoms with Crippen LogP contribution >= 0.6 is 0 Å². The van der Waals surface area contributed by atoms with E-state index in [1.54, 1.807) is 11.2 Å². The molecule has 1 fully saturated rings. The summed E-state index contributed by atoms with van der Waals surface area (Å²) in [5, 5.41) is 19.4. The van der Waals surface area contributed by atoms with E-state index in [1.807, 2.05) is 11.5 Å². The van der Waals surface area contributed by atoms with Crippen molar-refractivity contribution in [3.63, 3.8) is 0 Å². The minimum Gasteiger partial charge on any atom is -0.481 e. The second-order valence-corrected chi connectivity index (χ2v) is 5.24. The van der Waals surface area contributed by atoms with Crippen LogP contribution in [-0.2, 0) is 17.9 Å². The molecule has 2 amide bonds. The van der Waals surface area contributed by atoms with Gasteiger partial charge in [0, 0.05) is 26.1 Å². The highest BCUT2D eigenvalue weighted by molar-refractivity contribution is 5.74. The van der Waals surface area contributed by atoms with Gasteiger partial charge in [-0.2, -0.15) is 0 Å². The van der Waals surface area contributed by atoms with Gasteiger partial charge in [-0.15, -0.1) is 10.2 Å². The average molecular weight is 295 g/mol. The lowest BCUT2D eigenvalue weighted by Gasteiger charge is -2.32. The Balaban J connectivity index is 1.84. The molecule has 0 bridgehead atoms. The summed E-state index contributed by atoms with van der Waals surface area (Å²) in [4.78, 5) is 24.6. The molecule has 0 radical (unpaired) electrons. The van der Waals surface area contributed by atoms with Gasteiger partial charge in [0.1, 0.15) is 6.33 Å². The molecular weight excluding hydrogens is 274 g/mol. The standard InChI is InChI=1S/C13H21N5O3/c1-2-17-9-15-16-11(17)7-14-13(21)18-5-3-4-10(8-18)6-12(19)20/h9-10H,2-8H2,1H3,(H,14,21)(H,19,20). The molecule has 1 saturated heterocycles. The Morgan fingerprint density at radius 2 is 2.33 bits per heavy atom. The monoisotopic (exact) mass is 295 g/mol. The van der Waals surface area contributed by atoms with Gasteiger partial charge in [-0.3, -0.25) is 4.79 Å². The third-order valence-electron chi connectivity index (χ3n) is 3.70. The Labute approximate surface area is 123 Å². The Kier molecular flexibility index (Phi) is 5.13. The van der Waals surface area contributed by atoms with Crippen LogP contribution in [0.25, 0.3) is 0 Å². The average Bonchev–Trinajstić information content (AvgIpc) is 2.91. The Morgan fingerprint density at radius 1 is 1.52 bits per heavy atom. The summed E-state index contributed by atoms with van der Waals surface area (Å²) in [7, 11) is 0. The number of nitrogens with one attached hydrogen (secondary N) is 1. The van der Waals surface area contributed by atoms with Gasteiger partial charge in [0.05, 0.1) is 6.54 Å². The number of urea groups is 1. The van der Waals surface area contributed by atoms with E-state index in [2.05, 4.69) is 15.5 Å². The lowest BCUT2D eigenvalue weighted by molar-refractivity contribution is -0.138. The van der Waals surface area contributed by atoms with Gasteiger partial charge >= 0.3 is 12.0 Å². The van der Waals surface area contributed by atoms with Crippen molar-refractivity contribution in [3.8, 4) is 0 Å². The van der Waals surface area contributed by atoms with Crippen LogP contribution < -0.4 is 5.32 Å². The molecule has 8 heteroatoms. The topological polar surface area (TPSA) is 100 Å². The molecule has 116 valence electrons. The van der Waals surface area contributed by atoms with E-state index in [0.717, 1.165) is 19.4 Å². The molecule has 1 unspecified atom stereocenters. The maximum atomic E-state index is 12.1. The van der Waals surface area contributed by atoms with Crippen LogP contribution in [0.5, 0.6) is 0 Å². The van der Waals surface area contributed by atoms with Crippen molar-refractivity contribution in [2.75, 3.05) is 13.1 Å². The van der Waals surface area contributed by atoms with Gasteiger partial charge < -0.3 is 19.9 Å². The number of aryl methyl sites for hydroxylation is 1. The first-order valence-electron chi connectivity index (χ1n) is 7.21. The molecule has 2 rings (SSSR count).